The topological polar surface area (TPSA) is 115 Å². The predicted octanol–water partition coefficient (Wildman–Crippen LogP) is 6.29. The minimum Gasteiger partial charge on any atom is -0.374 e. The molecular formula is C30H26FN7O. The summed E-state index contributed by atoms with van der Waals surface area (Å²) in [5.41, 5.74) is 6.37. The molecule has 4 N–H and O–H groups in total. The highest BCUT2D eigenvalue weighted by Crippen LogP contribution is 2.34. The first-order valence-corrected chi connectivity index (χ1v) is 13.1. The molecule has 0 spiro atoms. The van der Waals surface area contributed by atoms with Crippen molar-refractivity contribution in [2.24, 2.45) is 5.92 Å². The highest BCUT2D eigenvalue weighted by molar-refractivity contribution is 5.97. The highest BCUT2D eigenvalue weighted by atomic mass is 19.1. The van der Waals surface area contributed by atoms with E-state index in [2.05, 4.69) is 30.5 Å². The lowest BCUT2D eigenvalue weighted by molar-refractivity contribution is 0.137. The molecule has 0 amide bonds. The molecule has 0 radical (unpaired) electrons. The Morgan fingerprint density at radius 2 is 1.82 bits per heavy atom. The van der Waals surface area contributed by atoms with Crippen LogP contribution >= 0.6 is 0 Å². The van der Waals surface area contributed by atoms with E-state index in [0.717, 1.165) is 46.1 Å². The van der Waals surface area contributed by atoms with Crippen LogP contribution in [0.4, 0.5) is 10.1 Å². The van der Waals surface area contributed by atoms with Crippen LogP contribution in [0.25, 0.3) is 55.8 Å². The molecular weight excluding hydrogens is 493 g/mol. The van der Waals surface area contributed by atoms with Crippen molar-refractivity contribution in [3.63, 3.8) is 0 Å². The Balaban J connectivity index is 1.25. The van der Waals surface area contributed by atoms with Crippen LogP contribution in [0.15, 0.2) is 73.2 Å². The maximum atomic E-state index is 14.6. The number of hydrogen-bond acceptors (Lipinski definition) is 6. The van der Waals surface area contributed by atoms with Crippen molar-refractivity contribution in [2.75, 3.05) is 5.32 Å². The third kappa shape index (κ3) is 4.30. The number of aliphatic hydroxyl groups is 1. The molecule has 1 saturated carbocycles. The zero-order valence-corrected chi connectivity index (χ0v) is 21.0. The number of nitrogens with one attached hydrogen (secondary N) is 3. The lowest BCUT2D eigenvalue weighted by Gasteiger charge is -2.20. The van der Waals surface area contributed by atoms with Crippen LogP contribution in [-0.4, -0.2) is 41.5 Å². The van der Waals surface area contributed by atoms with Crippen LogP contribution in [0, 0.1) is 11.7 Å². The molecule has 9 heteroatoms. The normalized spacial score (nSPS) is 14.8. The number of fused-ring (bicyclic) bond motifs is 2. The quantitative estimate of drug-likeness (QED) is 0.192. The molecule has 4 aromatic heterocycles. The van der Waals surface area contributed by atoms with Crippen molar-refractivity contribution < 1.29 is 9.50 Å². The summed E-state index contributed by atoms with van der Waals surface area (Å²) in [6, 6.07) is 16.4. The Bertz CT molecular complexity index is 1800. The number of aliphatic hydroxyl groups excluding tert-OH is 1. The summed E-state index contributed by atoms with van der Waals surface area (Å²) in [6.07, 6.45) is 9.03. The van der Waals surface area contributed by atoms with Gasteiger partial charge in [-0.25, -0.2) is 9.37 Å². The number of halogens is 1. The van der Waals surface area contributed by atoms with Gasteiger partial charge in [-0.2, -0.15) is 5.10 Å². The Morgan fingerprint density at radius 1 is 0.949 bits per heavy atom. The number of rotatable bonds is 6. The molecule has 39 heavy (non-hydrogen) atoms. The van der Waals surface area contributed by atoms with Gasteiger partial charge in [0.1, 0.15) is 28.9 Å². The van der Waals surface area contributed by atoms with E-state index < -0.39 is 6.23 Å². The standard InChI is InChI=1S/C30H26FN7O/c31-23-8-4-3-7-21(23)26-28-25(11-12-33-26)35-29(36-28)27-22-14-18(9-10-24(22)37-38-27)19-13-20(16-32-15-19)34-30(39)17-5-1-2-6-17/h3-4,7-17,30,34,39H,1-2,5-6H2,(H,35,36)(H,37,38). The summed E-state index contributed by atoms with van der Waals surface area (Å²) < 4.78 is 14.6. The van der Waals surface area contributed by atoms with Crippen molar-refractivity contribution in [3.05, 3.63) is 79.0 Å². The minimum absolute atomic E-state index is 0.274. The second-order valence-electron chi connectivity index (χ2n) is 10.0. The highest BCUT2D eigenvalue weighted by Gasteiger charge is 2.23. The van der Waals surface area contributed by atoms with Crippen molar-refractivity contribution >= 4 is 27.6 Å². The van der Waals surface area contributed by atoms with Crippen molar-refractivity contribution in [3.8, 4) is 33.9 Å². The Kier molecular flexibility index (Phi) is 5.78. The minimum atomic E-state index is -0.579. The molecule has 1 aliphatic rings. The molecule has 8 nitrogen and oxygen atoms in total. The fourth-order valence-electron chi connectivity index (χ4n) is 5.51. The molecule has 6 aromatic rings. The van der Waals surface area contributed by atoms with Crippen LogP contribution in [-0.2, 0) is 0 Å². The molecule has 1 fully saturated rings. The Hall–Kier alpha value is -4.63. The van der Waals surface area contributed by atoms with Gasteiger partial charge in [-0.15, -0.1) is 0 Å². The summed E-state index contributed by atoms with van der Waals surface area (Å²) in [5, 5.41) is 22.4. The van der Waals surface area contributed by atoms with E-state index in [0.29, 0.717) is 28.3 Å². The largest absolute Gasteiger partial charge is 0.374 e. The number of aromatic amines is 2. The van der Waals surface area contributed by atoms with E-state index in [4.69, 9.17) is 4.98 Å². The molecule has 0 bridgehead atoms. The average molecular weight is 520 g/mol. The second kappa shape index (κ2) is 9.59. The van der Waals surface area contributed by atoms with Gasteiger partial charge in [-0.1, -0.05) is 31.0 Å². The maximum Gasteiger partial charge on any atom is 0.159 e. The number of aromatic nitrogens is 6. The van der Waals surface area contributed by atoms with Crippen molar-refractivity contribution in [1.82, 2.24) is 30.1 Å². The zero-order valence-electron chi connectivity index (χ0n) is 21.0. The first-order valence-electron chi connectivity index (χ1n) is 13.1. The molecule has 0 aliphatic heterocycles. The summed E-state index contributed by atoms with van der Waals surface area (Å²) in [7, 11) is 0. The zero-order chi connectivity index (χ0) is 26.3. The van der Waals surface area contributed by atoms with Gasteiger partial charge < -0.3 is 15.4 Å². The van der Waals surface area contributed by atoms with Gasteiger partial charge in [0.15, 0.2) is 5.82 Å². The first-order chi connectivity index (χ1) is 19.1. The number of H-pyrrole nitrogens is 2. The Labute approximate surface area is 223 Å². The van der Waals surface area contributed by atoms with Gasteiger partial charge in [0.25, 0.3) is 0 Å². The Morgan fingerprint density at radius 3 is 2.69 bits per heavy atom. The molecule has 7 rings (SSSR count). The SMILES string of the molecule is OC(Nc1cncc(-c2ccc3[nH]nc(-c4nc5c(-c6ccccc6F)nccc5[nH]4)c3c2)c1)C1CCCC1. The number of pyridine rings is 2. The summed E-state index contributed by atoms with van der Waals surface area (Å²) in [6.45, 7) is 0. The number of imidazole rings is 1. The third-order valence-corrected chi connectivity index (χ3v) is 7.55. The lowest BCUT2D eigenvalue weighted by Crippen LogP contribution is -2.26. The van der Waals surface area contributed by atoms with E-state index >= 15 is 0 Å². The van der Waals surface area contributed by atoms with E-state index in [9.17, 15) is 9.50 Å². The van der Waals surface area contributed by atoms with Crippen molar-refractivity contribution in [1.29, 1.82) is 0 Å². The molecule has 2 aromatic carbocycles. The fraction of sp³-hybridized carbons (Fsp3) is 0.200. The fourth-order valence-corrected chi connectivity index (χ4v) is 5.51. The van der Waals surface area contributed by atoms with Gasteiger partial charge >= 0.3 is 0 Å². The maximum absolute atomic E-state index is 14.6. The van der Waals surface area contributed by atoms with E-state index in [1.807, 2.05) is 36.5 Å². The van der Waals surface area contributed by atoms with Gasteiger partial charge in [0, 0.05) is 34.8 Å². The second-order valence-corrected chi connectivity index (χ2v) is 10.0. The molecule has 4 heterocycles. The number of hydrogen-bond donors (Lipinski definition) is 4. The average Bonchev–Trinajstić information content (AvgIpc) is 3.73. The molecule has 1 aliphatic carbocycles. The number of anilines is 1. The smallest absolute Gasteiger partial charge is 0.159 e. The van der Waals surface area contributed by atoms with Crippen molar-refractivity contribution in [2.45, 2.75) is 31.9 Å². The monoisotopic (exact) mass is 519 g/mol. The first kappa shape index (κ1) is 23.5. The summed E-state index contributed by atoms with van der Waals surface area (Å²) in [4.78, 5) is 17.0. The number of benzene rings is 2. The van der Waals surface area contributed by atoms with Gasteiger partial charge in [-0.05, 0) is 54.8 Å². The van der Waals surface area contributed by atoms with Crippen LogP contribution in [0.2, 0.25) is 0 Å². The lowest BCUT2D eigenvalue weighted by atomic mass is 10.0. The molecule has 194 valence electrons. The predicted molar refractivity (Wildman–Crippen MR) is 149 cm³/mol. The molecule has 1 unspecified atom stereocenters. The van der Waals surface area contributed by atoms with Crippen LogP contribution in [0.5, 0.6) is 0 Å². The van der Waals surface area contributed by atoms with E-state index in [-0.39, 0.29) is 11.7 Å². The van der Waals surface area contributed by atoms with E-state index in [1.54, 1.807) is 30.6 Å². The van der Waals surface area contributed by atoms with Gasteiger partial charge in [0.05, 0.1) is 22.9 Å². The van der Waals surface area contributed by atoms with Crippen LogP contribution in [0.3, 0.4) is 0 Å². The summed E-state index contributed by atoms with van der Waals surface area (Å²) in [5.74, 6) is 0.488. The number of nitrogens with zero attached hydrogens (tertiary/aromatic N) is 4. The summed E-state index contributed by atoms with van der Waals surface area (Å²) >= 11 is 0. The molecule has 0 saturated heterocycles. The van der Waals surface area contributed by atoms with Gasteiger partial charge in [0.2, 0.25) is 0 Å². The van der Waals surface area contributed by atoms with E-state index in [1.165, 1.54) is 18.9 Å². The molecule has 1 atom stereocenters. The third-order valence-electron chi connectivity index (χ3n) is 7.55. The van der Waals surface area contributed by atoms with Gasteiger partial charge in [-0.3, -0.25) is 15.1 Å². The van der Waals surface area contributed by atoms with Crippen LogP contribution < -0.4 is 5.32 Å². The van der Waals surface area contributed by atoms with Crippen LogP contribution in [0.1, 0.15) is 25.7 Å².